The van der Waals surface area contributed by atoms with Crippen LogP contribution in [-0.4, -0.2) is 27.1 Å². The average Bonchev–Trinajstić information content (AvgIpc) is 2.38. The molecule has 0 N–H and O–H groups in total. The minimum Gasteiger partial charge on any atom is -0.467 e. The molecular formula is C14H21IO3. The second kappa shape index (κ2) is 9.58. The van der Waals surface area contributed by atoms with E-state index in [1.807, 2.05) is 6.07 Å². The Balaban J connectivity index is 2.47. The first-order chi connectivity index (χ1) is 8.77. The van der Waals surface area contributed by atoms with Crippen molar-refractivity contribution in [3.8, 4) is 5.75 Å². The molecule has 0 spiro atoms. The molecule has 4 heteroatoms. The first-order valence-corrected chi connectivity index (χ1v) is 7.33. The number of aryl methyl sites for hydroxylation is 1. The minimum atomic E-state index is 0.281. The van der Waals surface area contributed by atoms with Crippen LogP contribution in [-0.2, 0) is 15.9 Å². The average molecular weight is 364 g/mol. The Morgan fingerprint density at radius 3 is 2.78 bits per heavy atom. The molecular weight excluding hydrogens is 343 g/mol. The van der Waals surface area contributed by atoms with Crippen LogP contribution in [0.15, 0.2) is 18.2 Å². The molecule has 0 aliphatic rings. The van der Waals surface area contributed by atoms with E-state index in [2.05, 4.69) is 41.6 Å². The third-order valence-corrected chi connectivity index (χ3v) is 3.22. The summed E-state index contributed by atoms with van der Waals surface area (Å²) in [5, 5.41) is 0. The van der Waals surface area contributed by atoms with Gasteiger partial charge in [0, 0.05) is 10.7 Å². The maximum Gasteiger partial charge on any atom is 0.189 e. The Hall–Kier alpha value is -0.330. The molecule has 0 aliphatic carbocycles. The molecule has 0 radical (unpaired) electrons. The van der Waals surface area contributed by atoms with Gasteiger partial charge in [0.05, 0.1) is 13.2 Å². The van der Waals surface area contributed by atoms with Crippen LogP contribution in [0.3, 0.4) is 0 Å². The number of rotatable bonds is 9. The van der Waals surface area contributed by atoms with Crippen LogP contribution < -0.4 is 4.74 Å². The third kappa shape index (κ3) is 6.02. The molecule has 0 bridgehead atoms. The Labute approximate surface area is 123 Å². The zero-order valence-corrected chi connectivity index (χ0v) is 13.2. The number of hydrogen-bond acceptors (Lipinski definition) is 3. The molecule has 0 saturated heterocycles. The molecule has 102 valence electrons. The van der Waals surface area contributed by atoms with Gasteiger partial charge in [-0.3, -0.25) is 0 Å². The van der Waals surface area contributed by atoms with Crippen LogP contribution in [0, 0.1) is 3.57 Å². The summed E-state index contributed by atoms with van der Waals surface area (Å²) in [4.78, 5) is 0. The molecule has 18 heavy (non-hydrogen) atoms. The van der Waals surface area contributed by atoms with Gasteiger partial charge in [0.2, 0.25) is 0 Å². The molecule has 0 amide bonds. The van der Waals surface area contributed by atoms with Crippen molar-refractivity contribution >= 4 is 22.6 Å². The summed E-state index contributed by atoms with van der Waals surface area (Å²) < 4.78 is 17.1. The Morgan fingerprint density at radius 2 is 2.06 bits per heavy atom. The molecule has 3 nitrogen and oxygen atoms in total. The van der Waals surface area contributed by atoms with Gasteiger partial charge in [-0.2, -0.15) is 0 Å². The van der Waals surface area contributed by atoms with Crippen molar-refractivity contribution in [3.05, 3.63) is 27.3 Å². The number of unbranched alkanes of at least 4 members (excludes halogenated alkanes) is 1. The minimum absolute atomic E-state index is 0.281. The summed E-state index contributed by atoms with van der Waals surface area (Å²) >= 11 is 2.33. The fraction of sp³-hybridized carbons (Fsp3) is 0.571. The molecule has 0 fully saturated rings. The zero-order chi connectivity index (χ0) is 13.2. The molecule has 1 rings (SSSR count). The second-order valence-electron chi connectivity index (χ2n) is 4.02. The van der Waals surface area contributed by atoms with E-state index in [0.717, 1.165) is 12.2 Å². The van der Waals surface area contributed by atoms with Crippen molar-refractivity contribution in [2.75, 3.05) is 27.1 Å². The first-order valence-electron chi connectivity index (χ1n) is 6.25. The van der Waals surface area contributed by atoms with Gasteiger partial charge in [-0.25, -0.2) is 0 Å². The maximum atomic E-state index is 5.65. The van der Waals surface area contributed by atoms with Crippen LogP contribution in [0.4, 0.5) is 0 Å². The van der Waals surface area contributed by atoms with Crippen molar-refractivity contribution < 1.29 is 14.2 Å². The molecule has 1 aromatic rings. The third-order valence-electron chi connectivity index (χ3n) is 2.55. The highest BCUT2D eigenvalue weighted by atomic mass is 127. The number of hydrogen-bond donors (Lipinski definition) is 0. The lowest BCUT2D eigenvalue weighted by Crippen LogP contribution is -2.08. The SMILES string of the molecule is CCCCc1cc(I)ccc1OCOCCOC. The summed E-state index contributed by atoms with van der Waals surface area (Å²) in [7, 11) is 1.66. The number of methoxy groups -OCH3 is 1. The van der Waals surface area contributed by atoms with Crippen LogP contribution in [0.5, 0.6) is 5.75 Å². The lowest BCUT2D eigenvalue weighted by molar-refractivity contribution is -0.00888. The lowest BCUT2D eigenvalue weighted by atomic mass is 10.1. The van der Waals surface area contributed by atoms with E-state index in [4.69, 9.17) is 14.2 Å². The van der Waals surface area contributed by atoms with Crippen LogP contribution in [0.2, 0.25) is 0 Å². The summed E-state index contributed by atoms with van der Waals surface area (Å²) in [6.07, 6.45) is 3.43. The van der Waals surface area contributed by atoms with E-state index in [1.54, 1.807) is 7.11 Å². The lowest BCUT2D eigenvalue weighted by Gasteiger charge is -2.12. The van der Waals surface area contributed by atoms with Crippen LogP contribution in [0.1, 0.15) is 25.3 Å². The van der Waals surface area contributed by atoms with Crippen molar-refractivity contribution in [2.24, 2.45) is 0 Å². The van der Waals surface area contributed by atoms with Crippen molar-refractivity contribution in [3.63, 3.8) is 0 Å². The highest BCUT2D eigenvalue weighted by Crippen LogP contribution is 2.23. The van der Waals surface area contributed by atoms with Gasteiger partial charge in [-0.1, -0.05) is 13.3 Å². The highest BCUT2D eigenvalue weighted by molar-refractivity contribution is 14.1. The molecule has 0 atom stereocenters. The monoisotopic (exact) mass is 364 g/mol. The maximum absolute atomic E-state index is 5.65. The van der Waals surface area contributed by atoms with Crippen molar-refractivity contribution in [2.45, 2.75) is 26.2 Å². The van der Waals surface area contributed by atoms with Gasteiger partial charge in [0.25, 0.3) is 0 Å². The van der Waals surface area contributed by atoms with Crippen LogP contribution in [0.25, 0.3) is 0 Å². The van der Waals surface area contributed by atoms with E-state index in [9.17, 15) is 0 Å². The predicted octanol–water partition coefficient (Wildman–Crippen LogP) is 3.63. The van der Waals surface area contributed by atoms with Gasteiger partial charge >= 0.3 is 0 Å². The topological polar surface area (TPSA) is 27.7 Å². The quantitative estimate of drug-likeness (QED) is 0.381. The summed E-state index contributed by atoms with van der Waals surface area (Å²) in [6, 6.07) is 6.26. The summed E-state index contributed by atoms with van der Waals surface area (Å²) in [5.74, 6) is 0.932. The van der Waals surface area contributed by atoms with Gasteiger partial charge < -0.3 is 14.2 Å². The Morgan fingerprint density at radius 1 is 1.22 bits per heavy atom. The molecule has 1 aromatic carbocycles. The molecule has 0 unspecified atom stereocenters. The van der Waals surface area contributed by atoms with E-state index in [-0.39, 0.29) is 6.79 Å². The van der Waals surface area contributed by atoms with Gasteiger partial charge in [0.1, 0.15) is 5.75 Å². The summed E-state index contributed by atoms with van der Waals surface area (Å²) in [5.41, 5.74) is 1.26. The fourth-order valence-electron chi connectivity index (χ4n) is 1.56. The van der Waals surface area contributed by atoms with Gasteiger partial charge in [-0.05, 0) is 59.2 Å². The summed E-state index contributed by atoms with van der Waals surface area (Å²) in [6.45, 7) is 3.63. The molecule has 0 aliphatic heterocycles. The molecule has 0 aromatic heterocycles. The van der Waals surface area contributed by atoms with E-state index < -0.39 is 0 Å². The molecule has 0 saturated carbocycles. The van der Waals surface area contributed by atoms with Gasteiger partial charge in [-0.15, -0.1) is 0 Å². The molecule has 0 heterocycles. The van der Waals surface area contributed by atoms with E-state index >= 15 is 0 Å². The number of benzene rings is 1. The second-order valence-corrected chi connectivity index (χ2v) is 5.26. The van der Waals surface area contributed by atoms with Gasteiger partial charge in [0.15, 0.2) is 6.79 Å². The van der Waals surface area contributed by atoms with Crippen molar-refractivity contribution in [1.29, 1.82) is 0 Å². The standard InChI is InChI=1S/C14H21IO3/c1-3-4-5-12-10-13(15)6-7-14(12)18-11-17-9-8-16-2/h6-7,10H,3-5,8-9,11H2,1-2H3. The number of halogens is 1. The Bertz CT molecular complexity index is 342. The number of ether oxygens (including phenoxy) is 3. The zero-order valence-electron chi connectivity index (χ0n) is 11.1. The largest absolute Gasteiger partial charge is 0.467 e. The van der Waals surface area contributed by atoms with Crippen LogP contribution >= 0.6 is 22.6 Å². The normalized spacial score (nSPS) is 10.6. The van der Waals surface area contributed by atoms with E-state index in [0.29, 0.717) is 13.2 Å². The van der Waals surface area contributed by atoms with Crippen molar-refractivity contribution in [1.82, 2.24) is 0 Å². The smallest absolute Gasteiger partial charge is 0.189 e. The van der Waals surface area contributed by atoms with E-state index in [1.165, 1.54) is 22.0 Å². The predicted molar refractivity (Wildman–Crippen MR) is 81.1 cm³/mol. The fourth-order valence-corrected chi connectivity index (χ4v) is 2.11. The Kier molecular flexibility index (Phi) is 8.37. The first kappa shape index (κ1) is 15.7. The highest BCUT2D eigenvalue weighted by Gasteiger charge is 2.04.